The first-order valence-corrected chi connectivity index (χ1v) is 5.92. The van der Waals surface area contributed by atoms with E-state index in [1.54, 1.807) is 13.2 Å². The van der Waals surface area contributed by atoms with Crippen LogP contribution in [0.15, 0.2) is 22.7 Å². The highest BCUT2D eigenvalue weighted by Crippen LogP contribution is 2.37. The molecule has 6 nitrogen and oxygen atoms in total. The molecule has 0 aliphatic carbocycles. The molecule has 19 heavy (non-hydrogen) atoms. The molecule has 1 aliphatic heterocycles. The maximum absolute atomic E-state index is 5.57. The number of hydrogen-bond donors (Lipinski definition) is 1. The molecular formula is C13H14N2O4. The molecule has 0 saturated carbocycles. The first-order valence-electron chi connectivity index (χ1n) is 5.92. The molecule has 0 amide bonds. The van der Waals surface area contributed by atoms with Gasteiger partial charge in [0.1, 0.15) is 18.9 Å². The van der Waals surface area contributed by atoms with Gasteiger partial charge in [0.2, 0.25) is 5.88 Å². The summed E-state index contributed by atoms with van der Waals surface area (Å²) < 4.78 is 21.2. The van der Waals surface area contributed by atoms with Gasteiger partial charge in [-0.2, -0.15) is 0 Å². The highest BCUT2D eigenvalue weighted by molar-refractivity contribution is 5.69. The first-order chi connectivity index (χ1) is 9.28. The van der Waals surface area contributed by atoms with Crippen LogP contribution in [0.2, 0.25) is 0 Å². The van der Waals surface area contributed by atoms with Gasteiger partial charge in [-0.3, -0.25) is 0 Å². The van der Waals surface area contributed by atoms with Crippen LogP contribution in [-0.4, -0.2) is 25.5 Å². The second kappa shape index (κ2) is 4.81. The summed E-state index contributed by atoms with van der Waals surface area (Å²) in [4.78, 5) is 0. The molecule has 6 heteroatoms. The Morgan fingerprint density at radius 2 is 1.95 bits per heavy atom. The molecule has 0 atom stereocenters. The van der Waals surface area contributed by atoms with Crippen molar-refractivity contribution in [3.05, 3.63) is 23.8 Å². The predicted octanol–water partition coefficient (Wildman–Crippen LogP) is 1.84. The van der Waals surface area contributed by atoms with Crippen molar-refractivity contribution < 1.29 is 18.7 Å². The minimum Gasteiger partial charge on any atom is -0.486 e. The Morgan fingerprint density at radius 3 is 2.58 bits per heavy atom. The Kier molecular flexibility index (Phi) is 3.00. The zero-order valence-corrected chi connectivity index (χ0v) is 10.5. The van der Waals surface area contributed by atoms with Gasteiger partial charge in [-0.1, -0.05) is 5.16 Å². The van der Waals surface area contributed by atoms with E-state index >= 15 is 0 Å². The molecule has 0 spiro atoms. The molecule has 2 aromatic rings. The molecule has 3 rings (SSSR count). The number of anilines is 1. The number of hydrogen-bond acceptors (Lipinski definition) is 6. The van der Waals surface area contributed by atoms with Gasteiger partial charge in [0.05, 0.1) is 6.61 Å². The number of aromatic nitrogens is 1. The molecule has 0 radical (unpaired) electrons. The van der Waals surface area contributed by atoms with E-state index in [1.807, 2.05) is 12.1 Å². The zero-order chi connectivity index (χ0) is 13.2. The molecular weight excluding hydrogens is 248 g/mol. The second-order valence-electron chi connectivity index (χ2n) is 4.20. The van der Waals surface area contributed by atoms with E-state index < -0.39 is 0 Å². The van der Waals surface area contributed by atoms with Gasteiger partial charge in [0.15, 0.2) is 11.5 Å². The summed E-state index contributed by atoms with van der Waals surface area (Å²) in [6, 6.07) is 5.45. The minimum atomic E-state index is 0.272. The fourth-order valence-electron chi connectivity index (χ4n) is 2.06. The van der Waals surface area contributed by atoms with Gasteiger partial charge in [-0.15, -0.1) is 0 Å². The Labute approximate surface area is 110 Å². The van der Waals surface area contributed by atoms with E-state index in [-0.39, 0.29) is 5.88 Å². The lowest BCUT2D eigenvalue weighted by Gasteiger charge is -2.20. The maximum atomic E-state index is 5.57. The molecule has 0 bridgehead atoms. The molecule has 1 aromatic carbocycles. The predicted molar refractivity (Wildman–Crippen MR) is 68.1 cm³/mol. The van der Waals surface area contributed by atoms with Crippen molar-refractivity contribution in [2.75, 3.05) is 26.1 Å². The SMILES string of the molecule is COCc1cc2c(cc1-c1cc(N)on1)OCCO2. The van der Waals surface area contributed by atoms with Crippen LogP contribution in [0.25, 0.3) is 11.3 Å². The Bertz CT molecular complexity index is 594. The first kappa shape index (κ1) is 11.9. The van der Waals surface area contributed by atoms with Crippen LogP contribution >= 0.6 is 0 Å². The van der Waals surface area contributed by atoms with Crippen LogP contribution in [0.5, 0.6) is 11.5 Å². The molecule has 0 unspecified atom stereocenters. The van der Waals surface area contributed by atoms with Crippen molar-refractivity contribution in [3.63, 3.8) is 0 Å². The summed E-state index contributed by atoms with van der Waals surface area (Å²) in [5.41, 5.74) is 8.03. The van der Waals surface area contributed by atoms with Crippen LogP contribution in [0.1, 0.15) is 5.56 Å². The maximum Gasteiger partial charge on any atom is 0.222 e. The highest BCUT2D eigenvalue weighted by atomic mass is 16.6. The van der Waals surface area contributed by atoms with E-state index in [1.165, 1.54) is 0 Å². The summed E-state index contributed by atoms with van der Waals surface area (Å²) in [6.45, 7) is 1.53. The standard InChI is InChI=1S/C13H14N2O4/c1-16-7-8-4-11-12(18-3-2-17-11)5-9(8)10-6-13(14)19-15-10/h4-6H,2-3,7,14H2,1H3. The van der Waals surface area contributed by atoms with Crippen molar-refractivity contribution in [3.8, 4) is 22.8 Å². The van der Waals surface area contributed by atoms with E-state index in [4.69, 9.17) is 24.5 Å². The van der Waals surface area contributed by atoms with Crippen molar-refractivity contribution in [2.24, 2.45) is 0 Å². The fourth-order valence-corrected chi connectivity index (χ4v) is 2.06. The van der Waals surface area contributed by atoms with Crippen molar-refractivity contribution in [2.45, 2.75) is 6.61 Å². The normalized spacial score (nSPS) is 13.5. The van der Waals surface area contributed by atoms with Gasteiger partial charge in [-0.25, -0.2) is 0 Å². The minimum absolute atomic E-state index is 0.272. The van der Waals surface area contributed by atoms with Crippen molar-refractivity contribution >= 4 is 5.88 Å². The highest BCUT2D eigenvalue weighted by Gasteiger charge is 2.18. The lowest BCUT2D eigenvalue weighted by molar-refractivity contribution is 0.168. The van der Waals surface area contributed by atoms with Crippen LogP contribution in [0.3, 0.4) is 0 Å². The van der Waals surface area contributed by atoms with Gasteiger partial charge in [-0.05, 0) is 17.7 Å². The molecule has 1 aromatic heterocycles. The molecule has 100 valence electrons. The third-order valence-electron chi connectivity index (χ3n) is 2.87. The fraction of sp³-hybridized carbons (Fsp3) is 0.308. The smallest absolute Gasteiger partial charge is 0.222 e. The Morgan fingerprint density at radius 1 is 1.21 bits per heavy atom. The van der Waals surface area contributed by atoms with E-state index in [2.05, 4.69) is 5.16 Å². The third kappa shape index (κ3) is 2.22. The average Bonchev–Trinajstić information content (AvgIpc) is 2.85. The van der Waals surface area contributed by atoms with Gasteiger partial charge < -0.3 is 24.5 Å². The summed E-state index contributed by atoms with van der Waals surface area (Å²) in [6.07, 6.45) is 0. The lowest BCUT2D eigenvalue weighted by Crippen LogP contribution is -2.15. The number of nitrogen functional groups attached to an aromatic ring is 1. The number of methoxy groups -OCH3 is 1. The molecule has 2 heterocycles. The number of benzene rings is 1. The van der Waals surface area contributed by atoms with Crippen LogP contribution in [-0.2, 0) is 11.3 Å². The molecule has 0 saturated heterocycles. The number of fused-ring (bicyclic) bond motifs is 1. The van der Waals surface area contributed by atoms with Crippen molar-refractivity contribution in [1.82, 2.24) is 5.16 Å². The monoisotopic (exact) mass is 262 g/mol. The van der Waals surface area contributed by atoms with E-state index in [0.717, 1.165) is 16.9 Å². The van der Waals surface area contributed by atoms with E-state index in [0.29, 0.717) is 31.3 Å². The van der Waals surface area contributed by atoms with Gasteiger partial charge in [0, 0.05) is 18.7 Å². The molecule has 0 fully saturated rings. The second-order valence-corrected chi connectivity index (χ2v) is 4.20. The summed E-state index contributed by atoms with van der Waals surface area (Å²) in [5.74, 6) is 1.69. The Hall–Kier alpha value is -2.21. The Balaban J connectivity index is 2.10. The topological polar surface area (TPSA) is 79.7 Å². The van der Waals surface area contributed by atoms with Crippen molar-refractivity contribution in [1.29, 1.82) is 0 Å². The van der Waals surface area contributed by atoms with Crippen LogP contribution < -0.4 is 15.2 Å². The number of nitrogens with two attached hydrogens (primary N) is 1. The molecule has 2 N–H and O–H groups in total. The van der Waals surface area contributed by atoms with Crippen LogP contribution in [0, 0.1) is 0 Å². The van der Waals surface area contributed by atoms with Crippen LogP contribution in [0.4, 0.5) is 5.88 Å². The quantitative estimate of drug-likeness (QED) is 0.909. The number of rotatable bonds is 3. The van der Waals surface area contributed by atoms with E-state index in [9.17, 15) is 0 Å². The summed E-state index contributed by atoms with van der Waals surface area (Å²) in [7, 11) is 1.64. The number of nitrogens with zero attached hydrogens (tertiary/aromatic N) is 1. The van der Waals surface area contributed by atoms with Gasteiger partial charge in [0.25, 0.3) is 0 Å². The largest absolute Gasteiger partial charge is 0.486 e. The third-order valence-corrected chi connectivity index (χ3v) is 2.87. The zero-order valence-electron chi connectivity index (χ0n) is 10.5. The summed E-state index contributed by atoms with van der Waals surface area (Å²) >= 11 is 0. The van der Waals surface area contributed by atoms with Gasteiger partial charge >= 0.3 is 0 Å². The molecule has 1 aliphatic rings. The average molecular weight is 262 g/mol. The summed E-state index contributed by atoms with van der Waals surface area (Å²) in [5, 5.41) is 3.93. The number of ether oxygens (including phenoxy) is 3. The lowest BCUT2D eigenvalue weighted by atomic mass is 10.0.